The summed E-state index contributed by atoms with van der Waals surface area (Å²) in [6.07, 6.45) is 5.48. The molecule has 0 spiro atoms. The fourth-order valence-electron chi connectivity index (χ4n) is 2.58. The van der Waals surface area contributed by atoms with Gasteiger partial charge in [0.05, 0.1) is 6.10 Å². The van der Waals surface area contributed by atoms with Crippen LogP contribution >= 0.6 is 0 Å². The Kier molecular flexibility index (Phi) is 4.78. The van der Waals surface area contributed by atoms with Gasteiger partial charge < -0.3 is 5.11 Å². The van der Waals surface area contributed by atoms with Gasteiger partial charge >= 0.3 is 0 Å². The van der Waals surface area contributed by atoms with Crippen molar-refractivity contribution in [3.63, 3.8) is 0 Å². The third kappa shape index (κ3) is 3.30. The van der Waals surface area contributed by atoms with Gasteiger partial charge in [0, 0.05) is 11.8 Å². The first kappa shape index (κ1) is 12.7. The highest BCUT2D eigenvalue weighted by atomic mass is 16.3. The predicted octanol–water partition coefficient (Wildman–Crippen LogP) is 2.79. The van der Waals surface area contributed by atoms with E-state index >= 15 is 0 Å². The summed E-state index contributed by atoms with van der Waals surface area (Å²) in [4.78, 5) is 11.8. The zero-order chi connectivity index (χ0) is 11.4. The van der Waals surface area contributed by atoms with E-state index in [1.54, 1.807) is 0 Å². The Bertz CT molecular complexity index is 205. The van der Waals surface area contributed by atoms with Gasteiger partial charge in [-0.2, -0.15) is 0 Å². The molecular formula is C13H24O2. The number of hydrogen-bond donors (Lipinski definition) is 1. The van der Waals surface area contributed by atoms with Crippen LogP contribution in [0.25, 0.3) is 0 Å². The van der Waals surface area contributed by atoms with E-state index < -0.39 is 6.10 Å². The van der Waals surface area contributed by atoms with E-state index in [0.29, 0.717) is 5.92 Å². The Morgan fingerprint density at radius 1 is 1.13 bits per heavy atom. The monoisotopic (exact) mass is 212 g/mol. The van der Waals surface area contributed by atoms with E-state index in [1.807, 2.05) is 20.8 Å². The summed E-state index contributed by atoms with van der Waals surface area (Å²) in [6, 6.07) is 0. The highest BCUT2D eigenvalue weighted by molar-refractivity contribution is 5.83. The SMILES string of the molecule is CC(C)C(=O)[C@H](C)[C@H](O)C1CCCCC1. The average molecular weight is 212 g/mol. The van der Waals surface area contributed by atoms with Crippen LogP contribution in [0.15, 0.2) is 0 Å². The van der Waals surface area contributed by atoms with Crippen molar-refractivity contribution in [3.05, 3.63) is 0 Å². The number of ketones is 1. The van der Waals surface area contributed by atoms with Crippen molar-refractivity contribution in [2.24, 2.45) is 17.8 Å². The zero-order valence-corrected chi connectivity index (χ0v) is 10.2. The molecule has 0 radical (unpaired) electrons. The molecule has 0 amide bonds. The van der Waals surface area contributed by atoms with Gasteiger partial charge in [-0.05, 0) is 18.8 Å². The standard InChI is InChI=1S/C13H24O2/c1-9(2)12(14)10(3)13(15)11-7-5-4-6-8-11/h9-11,13,15H,4-8H2,1-3H3/t10-,13-/m0/s1. The van der Waals surface area contributed by atoms with Gasteiger partial charge in [0.1, 0.15) is 5.78 Å². The Morgan fingerprint density at radius 3 is 2.13 bits per heavy atom. The summed E-state index contributed by atoms with van der Waals surface area (Å²) >= 11 is 0. The molecule has 1 rings (SSSR count). The van der Waals surface area contributed by atoms with Gasteiger partial charge in [0.15, 0.2) is 0 Å². The van der Waals surface area contributed by atoms with Crippen LogP contribution in [0.1, 0.15) is 52.9 Å². The third-order valence-electron chi connectivity index (χ3n) is 3.66. The van der Waals surface area contributed by atoms with Crippen LogP contribution in [-0.2, 0) is 4.79 Å². The van der Waals surface area contributed by atoms with Crippen LogP contribution in [0.3, 0.4) is 0 Å². The second kappa shape index (κ2) is 5.64. The summed E-state index contributed by atoms with van der Waals surface area (Å²) in [7, 11) is 0. The molecule has 0 saturated heterocycles. The van der Waals surface area contributed by atoms with Crippen molar-refractivity contribution in [3.8, 4) is 0 Å². The lowest BCUT2D eigenvalue weighted by molar-refractivity contribution is -0.130. The average Bonchev–Trinajstić information content (AvgIpc) is 2.27. The minimum absolute atomic E-state index is 0.0400. The molecule has 1 fully saturated rings. The quantitative estimate of drug-likeness (QED) is 0.778. The molecule has 0 unspecified atom stereocenters. The molecule has 1 saturated carbocycles. The molecule has 2 atom stereocenters. The summed E-state index contributed by atoms with van der Waals surface area (Å²) < 4.78 is 0. The molecule has 1 N–H and O–H groups in total. The predicted molar refractivity (Wildman–Crippen MR) is 61.6 cm³/mol. The second-order valence-electron chi connectivity index (χ2n) is 5.23. The maximum absolute atomic E-state index is 11.8. The number of Topliss-reactive ketones (excluding diaryl/α,β-unsaturated/α-hetero) is 1. The van der Waals surface area contributed by atoms with Crippen LogP contribution in [0.4, 0.5) is 0 Å². The van der Waals surface area contributed by atoms with E-state index in [4.69, 9.17) is 0 Å². The zero-order valence-electron chi connectivity index (χ0n) is 10.2. The lowest BCUT2D eigenvalue weighted by atomic mass is 9.78. The van der Waals surface area contributed by atoms with Crippen molar-refractivity contribution in [1.29, 1.82) is 0 Å². The second-order valence-corrected chi connectivity index (χ2v) is 5.23. The fraction of sp³-hybridized carbons (Fsp3) is 0.923. The first-order valence-electron chi connectivity index (χ1n) is 6.25. The van der Waals surface area contributed by atoms with E-state index in [-0.39, 0.29) is 17.6 Å². The highest BCUT2D eigenvalue weighted by Crippen LogP contribution is 2.30. The molecule has 0 aromatic carbocycles. The van der Waals surface area contributed by atoms with Gasteiger partial charge in [0.2, 0.25) is 0 Å². The molecule has 0 bridgehead atoms. The molecule has 88 valence electrons. The van der Waals surface area contributed by atoms with Crippen molar-refractivity contribution in [2.45, 2.75) is 59.0 Å². The largest absolute Gasteiger partial charge is 0.392 e. The van der Waals surface area contributed by atoms with Crippen LogP contribution in [0.5, 0.6) is 0 Å². The lowest BCUT2D eigenvalue weighted by Crippen LogP contribution is -2.35. The normalized spacial score (nSPS) is 22.7. The van der Waals surface area contributed by atoms with Crippen molar-refractivity contribution < 1.29 is 9.90 Å². The van der Waals surface area contributed by atoms with Gasteiger partial charge in [-0.1, -0.05) is 40.0 Å². The maximum Gasteiger partial charge on any atom is 0.140 e. The molecule has 1 aliphatic rings. The van der Waals surface area contributed by atoms with Gasteiger partial charge in [-0.3, -0.25) is 4.79 Å². The summed E-state index contributed by atoms with van der Waals surface area (Å²) in [5.41, 5.74) is 0. The van der Waals surface area contributed by atoms with E-state index in [0.717, 1.165) is 12.8 Å². The Balaban J connectivity index is 2.50. The first-order chi connectivity index (χ1) is 7.04. The molecule has 0 heterocycles. The third-order valence-corrected chi connectivity index (χ3v) is 3.66. The minimum atomic E-state index is -0.416. The van der Waals surface area contributed by atoms with E-state index in [2.05, 4.69) is 0 Å². The van der Waals surface area contributed by atoms with Crippen molar-refractivity contribution in [1.82, 2.24) is 0 Å². The molecule has 0 aromatic rings. The van der Waals surface area contributed by atoms with Gasteiger partial charge in [0.25, 0.3) is 0 Å². The Morgan fingerprint density at radius 2 is 1.67 bits per heavy atom. The summed E-state index contributed by atoms with van der Waals surface area (Å²) in [5.74, 6) is 0.413. The van der Waals surface area contributed by atoms with E-state index in [1.165, 1.54) is 19.3 Å². The number of hydrogen-bond acceptors (Lipinski definition) is 2. The number of rotatable bonds is 4. The molecular weight excluding hydrogens is 188 g/mol. The molecule has 2 heteroatoms. The number of aliphatic hydroxyl groups is 1. The summed E-state index contributed by atoms with van der Waals surface area (Å²) in [5, 5.41) is 10.1. The van der Waals surface area contributed by atoms with Crippen LogP contribution in [0, 0.1) is 17.8 Å². The van der Waals surface area contributed by atoms with Crippen LogP contribution in [-0.4, -0.2) is 17.0 Å². The number of carbonyl (C=O) groups is 1. The Labute approximate surface area is 93.1 Å². The minimum Gasteiger partial charge on any atom is -0.392 e. The lowest BCUT2D eigenvalue weighted by Gasteiger charge is -2.30. The van der Waals surface area contributed by atoms with Gasteiger partial charge in [-0.25, -0.2) is 0 Å². The number of aliphatic hydroxyl groups excluding tert-OH is 1. The Hall–Kier alpha value is -0.370. The molecule has 1 aliphatic carbocycles. The maximum atomic E-state index is 11.8. The fourth-order valence-corrected chi connectivity index (χ4v) is 2.58. The molecule has 0 aliphatic heterocycles. The topological polar surface area (TPSA) is 37.3 Å². The first-order valence-corrected chi connectivity index (χ1v) is 6.25. The van der Waals surface area contributed by atoms with Crippen LogP contribution in [0.2, 0.25) is 0 Å². The molecule has 0 aromatic heterocycles. The number of carbonyl (C=O) groups excluding carboxylic acids is 1. The van der Waals surface area contributed by atoms with Gasteiger partial charge in [-0.15, -0.1) is 0 Å². The van der Waals surface area contributed by atoms with Crippen molar-refractivity contribution >= 4 is 5.78 Å². The molecule has 15 heavy (non-hydrogen) atoms. The van der Waals surface area contributed by atoms with Crippen LogP contribution < -0.4 is 0 Å². The smallest absolute Gasteiger partial charge is 0.140 e. The molecule has 2 nitrogen and oxygen atoms in total. The van der Waals surface area contributed by atoms with Crippen molar-refractivity contribution in [2.75, 3.05) is 0 Å². The van der Waals surface area contributed by atoms with E-state index in [9.17, 15) is 9.90 Å². The highest BCUT2D eigenvalue weighted by Gasteiger charge is 2.30. The summed E-state index contributed by atoms with van der Waals surface area (Å²) in [6.45, 7) is 5.69.